The molecule has 0 aromatic carbocycles. The molecule has 5 heteroatoms. The highest BCUT2D eigenvalue weighted by atomic mass is 16.5. The molecule has 15 heavy (non-hydrogen) atoms. The van der Waals surface area contributed by atoms with Gasteiger partial charge in [0.15, 0.2) is 0 Å². The second kappa shape index (κ2) is 6.76. The highest BCUT2D eigenvalue weighted by Gasteiger charge is 2.22. The van der Waals surface area contributed by atoms with Crippen molar-refractivity contribution in [3.63, 3.8) is 0 Å². The van der Waals surface area contributed by atoms with Gasteiger partial charge in [-0.05, 0) is 25.9 Å². The molecule has 0 bridgehead atoms. The van der Waals surface area contributed by atoms with E-state index in [-0.39, 0.29) is 11.8 Å². The number of likely N-dealkylation sites (tertiary alicyclic amines) is 1. The average molecular weight is 215 g/mol. The topological polar surface area (TPSA) is 81.6 Å². The number of primary amides is 1. The van der Waals surface area contributed by atoms with Crippen molar-refractivity contribution in [1.82, 2.24) is 4.90 Å². The second-order valence-electron chi connectivity index (χ2n) is 3.92. The molecule has 0 unspecified atom stereocenters. The Morgan fingerprint density at radius 2 is 2.00 bits per heavy atom. The Labute approximate surface area is 90.7 Å². The summed E-state index contributed by atoms with van der Waals surface area (Å²) >= 11 is 0. The van der Waals surface area contributed by atoms with Crippen LogP contribution in [-0.4, -0.2) is 50.2 Å². The van der Waals surface area contributed by atoms with Crippen LogP contribution in [0.1, 0.15) is 12.8 Å². The van der Waals surface area contributed by atoms with Crippen molar-refractivity contribution < 1.29 is 9.53 Å². The van der Waals surface area contributed by atoms with Gasteiger partial charge in [-0.2, -0.15) is 0 Å². The van der Waals surface area contributed by atoms with Gasteiger partial charge in [0.1, 0.15) is 0 Å². The smallest absolute Gasteiger partial charge is 0.220 e. The van der Waals surface area contributed by atoms with Crippen LogP contribution in [0.5, 0.6) is 0 Å². The number of rotatable bonds is 6. The quantitative estimate of drug-likeness (QED) is 0.566. The first kappa shape index (κ1) is 12.4. The lowest BCUT2D eigenvalue weighted by Crippen LogP contribution is -2.40. The van der Waals surface area contributed by atoms with Gasteiger partial charge in [-0.3, -0.25) is 4.79 Å². The maximum atomic E-state index is 10.9. The number of nitrogens with zero attached hydrogens (tertiary/aromatic N) is 1. The number of carbonyl (C=O) groups is 1. The highest BCUT2D eigenvalue weighted by molar-refractivity contribution is 5.76. The normalized spacial score (nSPS) is 19.3. The van der Waals surface area contributed by atoms with Crippen LogP contribution in [0, 0.1) is 5.92 Å². The molecule has 4 N–H and O–H groups in total. The van der Waals surface area contributed by atoms with Gasteiger partial charge in [0, 0.05) is 19.0 Å². The number of amides is 1. The zero-order valence-electron chi connectivity index (χ0n) is 9.15. The van der Waals surface area contributed by atoms with Gasteiger partial charge in [0.25, 0.3) is 0 Å². The molecule has 1 aliphatic rings. The Balaban J connectivity index is 2.07. The fourth-order valence-corrected chi connectivity index (χ4v) is 1.82. The Morgan fingerprint density at radius 1 is 1.33 bits per heavy atom. The monoisotopic (exact) mass is 215 g/mol. The van der Waals surface area contributed by atoms with E-state index in [1.54, 1.807) is 0 Å². The number of hydrogen-bond acceptors (Lipinski definition) is 4. The molecule has 1 amide bonds. The molecule has 88 valence electrons. The Hall–Kier alpha value is -0.650. The van der Waals surface area contributed by atoms with Crippen LogP contribution in [0.3, 0.4) is 0 Å². The summed E-state index contributed by atoms with van der Waals surface area (Å²) in [5.74, 6) is -0.0831. The number of piperidine rings is 1. The molecule has 1 saturated heterocycles. The van der Waals surface area contributed by atoms with Crippen molar-refractivity contribution in [2.24, 2.45) is 17.4 Å². The Bertz CT molecular complexity index is 191. The Morgan fingerprint density at radius 3 is 2.53 bits per heavy atom. The molecule has 1 rings (SSSR count). The summed E-state index contributed by atoms with van der Waals surface area (Å²) in [4.78, 5) is 13.2. The molecule has 5 nitrogen and oxygen atoms in total. The summed E-state index contributed by atoms with van der Waals surface area (Å²) in [7, 11) is 0. The fourth-order valence-electron chi connectivity index (χ4n) is 1.82. The van der Waals surface area contributed by atoms with E-state index in [9.17, 15) is 4.79 Å². The second-order valence-corrected chi connectivity index (χ2v) is 3.92. The van der Waals surface area contributed by atoms with Gasteiger partial charge in [-0.25, -0.2) is 0 Å². The first-order chi connectivity index (χ1) is 7.24. The van der Waals surface area contributed by atoms with E-state index in [0.29, 0.717) is 13.2 Å². The van der Waals surface area contributed by atoms with Gasteiger partial charge >= 0.3 is 0 Å². The molecule has 1 aliphatic heterocycles. The lowest BCUT2D eigenvalue weighted by Gasteiger charge is -2.30. The SMILES string of the molecule is NCCOCCN1CCC(C(N)=O)CC1. The first-order valence-electron chi connectivity index (χ1n) is 5.53. The third-order valence-corrected chi connectivity index (χ3v) is 2.80. The molecule has 0 atom stereocenters. The lowest BCUT2D eigenvalue weighted by molar-refractivity contribution is -0.123. The minimum absolute atomic E-state index is 0.0752. The van der Waals surface area contributed by atoms with Gasteiger partial charge < -0.3 is 21.1 Å². The standard InChI is InChI=1S/C10H21N3O2/c11-3-7-15-8-6-13-4-1-9(2-5-13)10(12)14/h9H,1-8,11H2,(H2,12,14). The first-order valence-corrected chi connectivity index (χ1v) is 5.53. The minimum Gasteiger partial charge on any atom is -0.379 e. The maximum Gasteiger partial charge on any atom is 0.220 e. The van der Waals surface area contributed by atoms with Crippen LogP contribution < -0.4 is 11.5 Å². The number of carbonyl (C=O) groups excluding carboxylic acids is 1. The van der Waals surface area contributed by atoms with E-state index in [1.165, 1.54) is 0 Å². The fraction of sp³-hybridized carbons (Fsp3) is 0.900. The zero-order chi connectivity index (χ0) is 11.1. The molecule has 0 radical (unpaired) electrons. The number of ether oxygens (including phenoxy) is 1. The molecule has 0 saturated carbocycles. The van der Waals surface area contributed by atoms with E-state index in [2.05, 4.69) is 4.90 Å². The molecule has 0 aliphatic carbocycles. The van der Waals surface area contributed by atoms with E-state index < -0.39 is 0 Å². The van der Waals surface area contributed by atoms with Gasteiger partial charge in [0.05, 0.1) is 13.2 Å². The van der Waals surface area contributed by atoms with Gasteiger partial charge in [0.2, 0.25) is 5.91 Å². The van der Waals surface area contributed by atoms with Crippen molar-refractivity contribution in [2.45, 2.75) is 12.8 Å². The molecular formula is C10H21N3O2. The minimum atomic E-state index is -0.158. The number of nitrogens with two attached hydrogens (primary N) is 2. The molecule has 0 aromatic heterocycles. The van der Waals surface area contributed by atoms with Gasteiger partial charge in [-0.1, -0.05) is 0 Å². The lowest BCUT2D eigenvalue weighted by atomic mass is 9.96. The van der Waals surface area contributed by atoms with Crippen molar-refractivity contribution in [3.05, 3.63) is 0 Å². The van der Waals surface area contributed by atoms with Crippen molar-refractivity contribution in [1.29, 1.82) is 0 Å². The average Bonchev–Trinajstić information content (AvgIpc) is 2.25. The van der Waals surface area contributed by atoms with E-state index >= 15 is 0 Å². The summed E-state index contributed by atoms with van der Waals surface area (Å²) in [5, 5.41) is 0. The number of hydrogen-bond donors (Lipinski definition) is 2. The maximum absolute atomic E-state index is 10.9. The van der Waals surface area contributed by atoms with Gasteiger partial charge in [-0.15, -0.1) is 0 Å². The van der Waals surface area contributed by atoms with Crippen LogP contribution in [0.15, 0.2) is 0 Å². The van der Waals surface area contributed by atoms with E-state index in [1.807, 2.05) is 0 Å². The summed E-state index contributed by atoms with van der Waals surface area (Å²) < 4.78 is 5.30. The van der Waals surface area contributed by atoms with Crippen LogP contribution in [0.4, 0.5) is 0 Å². The van der Waals surface area contributed by atoms with Crippen LogP contribution >= 0.6 is 0 Å². The molecule has 1 heterocycles. The van der Waals surface area contributed by atoms with E-state index in [4.69, 9.17) is 16.2 Å². The summed E-state index contributed by atoms with van der Waals surface area (Å²) in [6, 6.07) is 0. The summed E-state index contributed by atoms with van der Waals surface area (Å²) in [5.41, 5.74) is 10.6. The summed E-state index contributed by atoms with van der Waals surface area (Å²) in [6.07, 6.45) is 1.76. The predicted molar refractivity (Wildman–Crippen MR) is 58.2 cm³/mol. The molecule has 1 fully saturated rings. The predicted octanol–water partition coefficient (Wildman–Crippen LogP) is -0.841. The van der Waals surface area contributed by atoms with Crippen LogP contribution in [0.25, 0.3) is 0 Å². The molecule has 0 aromatic rings. The summed E-state index contributed by atoms with van der Waals surface area (Å²) in [6.45, 7) is 4.73. The van der Waals surface area contributed by atoms with Crippen LogP contribution in [-0.2, 0) is 9.53 Å². The Kier molecular flexibility index (Phi) is 5.60. The zero-order valence-corrected chi connectivity index (χ0v) is 9.15. The largest absolute Gasteiger partial charge is 0.379 e. The van der Waals surface area contributed by atoms with E-state index in [0.717, 1.165) is 39.1 Å². The highest BCUT2D eigenvalue weighted by Crippen LogP contribution is 2.15. The van der Waals surface area contributed by atoms with Crippen molar-refractivity contribution >= 4 is 5.91 Å². The van der Waals surface area contributed by atoms with Crippen molar-refractivity contribution in [2.75, 3.05) is 39.4 Å². The van der Waals surface area contributed by atoms with Crippen LogP contribution in [0.2, 0.25) is 0 Å². The third-order valence-electron chi connectivity index (χ3n) is 2.80. The molecular weight excluding hydrogens is 194 g/mol. The van der Waals surface area contributed by atoms with Crippen molar-refractivity contribution in [3.8, 4) is 0 Å². The molecule has 0 spiro atoms. The third kappa shape index (κ3) is 4.59.